The van der Waals surface area contributed by atoms with Gasteiger partial charge in [-0.2, -0.15) is 0 Å². The Morgan fingerprint density at radius 1 is 1.29 bits per heavy atom. The predicted octanol–water partition coefficient (Wildman–Crippen LogP) is 3.59. The minimum atomic E-state index is 0.0998. The van der Waals surface area contributed by atoms with Crippen LogP contribution >= 0.6 is 0 Å². The summed E-state index contributed by atoms with van der Waals surface area (Å²) in [6.07, 6.45) is 7.24. The largest absolute Gasteiger partial charge is 0.352 e. The summed E-state index contributed by atoms with van der Waals surface area (Å²) in [5.41, 5.74) is 4.48. The summed E-state index contributed by atoms with van der Waals surface area (Å²) in [5, 5.41) is 3.25. The zero-order valence-corrected chi connectivity index (χ0v) is 14.9. The van der Waals surface area contributed by atoms with Crippen LogP contribution in [0.15, 0.2) is 18.5 Å². The lowest BCUT2D eigenvalue weighted by molar-refractivity contribution is -0.122. The first-order valence-electron chi connectivity index (χ1n) is 9.22. The summed E-state index contributed by atoms with van der Waals surface area (Å²) in [6.45, 7) is 6.73. The van der Waals surface area contributed by atoms with Gasteiger partial charge in [0.05, 0.1) is 17.4 Å². The maximum atomic E-state index is 12.5. The second-order valence-electron chi connectivity index (χ2n) is 7.99. The molecule has 0 radical (unpaired) electrons. The third-order valence-corrected chi connectivity index (χ3v) is 6.37. The number of aromatic nitrogens is 2. The van der Waals surface area contributed by atoms with Crippen LogP contribution in [0.1, 0.15) is 43.7 Å². The highest BCUT2D eigenvalue weighted by Crippen LogP contribution is 2.49. The highest BCUT2D eigenvalue weighted by Gasteiger charge is 2.42. The molecule has 1 aromatic carbocycles. The number of benzene rings is 1. The molecule has 4 unspecified atom stereocenters. The molecular weight excluding hydrogens is 298 g/mol. The number of carbonyl (C=O) groups excluding carboxylic acids is 1. The highest BCUT2D eigenvalue weighted by atomic mass is 16.2. The van der Waals surface area contributed by atoms with Crippen molar-refractivity contribution in [2.75, 3.05) is 0 Å². The van der Waals surface area contributed by atoms with Crippen molar-refractivity contribution in [1.29, 1.82) is 0 Å². The van der Waals surface area contributed by atoms with Crippen molar-refractivity contribution in [3.8, 4) is 0 Å². The Bertz CT molecular complexity index is 779. The molecule has 0 spiro atoms. The predicted molar refractivity (Wildman–Crippen MR) is 95.7 cm³/mol. The van der Waals surface area contributed by atoms with Crippen LogP contribution in [0.5, 0.6) is 0 Å². The van der Waals surface area contributed by atoms with Gasteiger partial charge in [-0.25, -0.2) is 4.98 Å². The topological polar surface area (TPSA) is 46.9 Å². The van der Waals surface area contributed by atoms with E-state index in [1.165, 1.54) is 36.8 Å². The van der Waals surface area contributed by atoms with Crippen molar-refractivity contribution < 1.29 is 4.79 Å². The quantitative estimate of drug-likeness (QED) is 0.934. The minimum absolute atomic E-state index is 0.0998. The zero-order valence-electron chi connectivity index (χ0n) is 14.9. The number of imidazole rings is 1. The number of amides is 1. The Balaban J connectivity index is 1.43. The van der Waals surface area contributed by atoms with Crippen LogP contribution in [-0.4, -0.2) is 21.5 Å². The first-order chi connectivity index (χ1) is 11.5. The van der Waals surface area contributed by atoms with Crippen LogP contribution in [-0.2, 0) is 11.3 Å². The van der Waals surface area contributed by atoms with Gasteiger partial charge in [0.25, 0.3) is 0 Å². The maximum Gasteiger partial charge on any atom is 0.240 e. The van der Waals surface area contributed by atoms with Crippen LogP contribution in [0.2, 0.25) is 0 Å². The van der Waals surface area contributed by atoms with Gasteiger partial charge in [0.15, 0.2) is 0 Å². The molecule has 4 rings (SSSR count). The molecule has 1 N–H and O–H groups in total. The van der Waals surface area contributed by atoms with Gasteiger partial charge in [-0.3, -0.25) is 4.79 Å². The fourth-order valence-electron chi connectivity index (χ4n) is 4.91. The van der Waals surface area contributed by atoms with Crippen LogP contribution in [0.4, 0.5) is 0 Å². The van der Waals surface area contributed by atoms with Crippen molar-refractivity contribution in [2.24, 2.45) is 17.8 Å². The number of nitrogens with one attached hydrogen (secondary N) is 1. The molecule has 128 valence electrons. The molecular formula is C20H27N3O. The van der Waals surface area contributed by atoms with Crippen LogP contribution in [0.3, 0.4) is 0 Å². The summed E-state index contributed by atoms with van der Waals surface area (Å²) >= 11 is 0. The van der Waals surface area contributed by atoms with Gasteiger partial charge in [-0.15, -0.1) is 0 Å². The summed E-state index contributed by atoms with van der Waals surface area (Å²) in [4.78, 5) is 17.0. The highest BCUT2D eigenvalue weighted by molar-refractivity contribution is 5.81. The van der Waals surface area contributed by atoms with E-state index in [0.717, 1.165) is 22.9 Å². The lowest BCUT2D eigenvalue weighted by atomic mass is 9.84. The molecule has 2 bridgehead atoms. The molecule has 1 aromatic heterocycles. The molecule has 4 atom stereocenters. The fraction of sp³-hybridized carbons (Fsp3) is 0.600. The average molecular weight is 325 g/mol. The van der Waals surface area contributed by atoms with E-state index in [4.69, 9.17) is 0 Å². The normalized spacial score (nSPS) is 26.9. The number of rotatable bonds is 4. The number of hydrogen-bond donors (Lipinski definition) is 1. The van der Waals surface area contributed by atoms with Gasteiger partial charge in [0.1, 0.15) is 6.54 Å². The van der Waals surface area contributed by atoms with Gasteiger partial charge in [-0.05, 0) is 81.0 Å². The standard InChI is InChI=1S/C20H27N3O/c1-12-6-18-19(7-13(12)2)23(11-21-18)10-20(24)22-14(3)17-9-15-4-5-16(17)8-15/h6-7,11,14-17H,4-5,8-10H2,1-3H3,(H,22,24). The van der Waals surface area contributed by atoms with Crippen LogP contribution < -0.4 is 5.32 Å². The molecule has 2 saturated carbocycles. The Hall–Kier alpha value is -1.84. The molecule has 2 aliphatic rings. The van der Waals surface area contributed by atoms with Gasteiger partial charge < -0.3 is 9.88 Å². The molecule has 0 saturated heterocycles. The molecule has 1 heterocycles. The molecule has 2 fully saturated rings. The van der Waals surface area contributed by atoms with Gasteiger partial charge in [-0.1, -0.05) is 6.42 Å². The molecule has 0 aliphatic heterocycles. The average Bonchev–Trinajstić information content (AvgIpc) is 3.25. The number of fused-ring (bicyclic) bond motifs is 3. The molecule has 24 heavy (non-hydrogen) atoms. The summed E-state index contributed by atoms with van der Waals surface area (Å²) in [5.74, 6) is 2.54. The second kappa shape index (κ2) is 5.91. The number of nitrogens with zero attached hydrogens (tertiary/aromatic N) is 2. The number of hydrogen-bond acceptors (Lipinski definition) is 2. The molecule has 4 nitrogen and oxygen atoms in total. The monoisotopic (exact) mass is 325 g/mol. The van der Waals surface area contributed by atoms with E-state index in [1.807, 2.05) is 4.57 Å². The second-order valence-corrected chi connectivity index (χ2v) is 7.99. The van der Waals surface area contributed by atoms with Crippen molar-refractivity contribution in [1.82, 2.24) is 14.9 Å². The Labute approximate surface area is 143 Å². The van der Waals surface area contributed by atoms with Crippen LogP contribution in [0, 0.1) is 31.6 Å². The van der Waals surface area contributed by atoms with E-state index in [9.17, 15) is 4.79 Å². The first-order valence-corrected chi connectivity index (χ1v) is 9.22. The van der Waals surface area contributed by atoms with E-state index >= 15 is 0 Å². The minimum Gasteiger partial charge on any atom is -0.352 e. The molecule has 2 aromatic rings. The SMILES string of the molecule is Cc1cc2ncn(CC(=O)NC(C)C3CC4CCC3C4)c2cc1C. The van der Waals surface area contributed by atoms with Crippen molar-refractivity contribution in [3.05, 3.63) is 29.6 Å². The van der Waals surface area contributed by atoms with Gasteiger partial charge >= 0.3 is 0 Å². The van der Waals surface area contributed by atoms with E-state index in [0.29, 0.717) is 12.5 Å². The first kappa shape index (κ1) is 15.7. The van der Waals surface area contributed by atoms with E-state index in [1.54, 1.807) is 6.33 Å². The summed E-state index contributed by atoms with van der Waals surface area (Å²) in [7, 11) is 0. The van der Waals surface area contributed by atoms with E-state index in [2.05, 4.69) is 43.2 Å². The zero-order chi connectivity index (χ0) is 16.8. The Kier molecular flexibility index (Phi) is 3.86. The fourth-order valence-corrected chi connectivity index (χ4v) is 4.91. The summed E-state index contributed by atoms with van der Waals surface area (Å²) in [6, 6.07) is 4.51. The lowest BCUT2D eigenvalue weighted by Gasteiger charge is -2.28. The Morgan fingerprint density at radius 2 is 2.08 bits per heavy atom. The molecule has 2 aliphatic carbocycles. The lowest BCUT2D eigenvalue weighted by Crippen LogP contribution is -2.41. The Morgan fingerprint density at radius 3 is 2.79 bits per heavy atom. The van der Waals surface area contributed by atoms with E-state index in [-0.39, 0.29) is 11.9 Å². The third-order valence-electron chi connectivity index (χ3n) is 6.37. The molecule has 4 heteroatoms. The van der Waals surface area contributed by atoms with E-state index < -0.39 is 0 Å². The van der Waals surface area contributed by atoms with Crippen LogP contribution in [0.25, 0.3) is 11.0 Å². The number of aryl methyl sites for hydroxylation is 2. The van der Waals surface area contributed by atoms with Gasteiger partial charge in [0, 0.05) is 6.04 Å². The van der Waals surface area contributed by atoms with Crippen molar-refractivity contribution in [2.45, 2.75) is 59.0 Å². The van der Waals surface area contributed by atoms with Gasteiger partial charge in [0.2, 0.25) is 5.91 Å². The molecule has 1 amide bonds. The summed E-state index contributed by atoms with van der Waals surface area (Å²) < 4.78 is 1.96. The van der Waals surface area contributed by atoms with Crippen molar-refractivity contribution >= 4 is 16.9 Å². The third kappa shape index (κ3) is 2.72. The smallest absolute Gasteiger partial charge is 0.240 e. The number of carbonyl (C=O) groups is 1. The van der Waals surface area contributed by atoms with Crippen molar-refractivity contribution in [3.63, 3.8) is 0 Å². The maximum absolute atomic E-state index is 12.5.